The van der Waals surface area contributed by atoms with Crippen LogP contribution in [0.5, 0.6) is 5.75 Å². The Labute approximate surface area is 409 Å². The first-order valence-corrected chi connectivity index (χ1v) is 25.2. The SMILES string of the molecule is CNC(=O)CCC(C=O)N1C(=O)c2ccc(N3CCN(C4CCN(CC(=O)N5CCC(Oc6cccc(NC(=O)C(C)C7CCC(c8ccnc9ccc(F)cc89)CC7)c6)CC5)CC4)CC3)cc2C1=O. The second-order valence-corrected chi connectivity index (χ2v) is 19.8. The predicted octanol–water partition coefficient (Wildman–Crippen LogP) is 6.27. The lowest BCUT2D eigenvalue weighted by atomic mass is 9.73. The Bertz CT molecular complexity index is 2580. The van der Waals surface area contributed by atoms with E-state index in [0.29, 0.717) is 49.3 Å². The number of ether oxygens (including phenoxy) is 1. The molecular formula is C54H65FN8O7. The summed E-state index contributed by atoms with van der Waals surface area (Å²) in [5.74, 6) is -0.255. The van der Waals surface area contributed by atoms with Crippen LogP contribution in [0.4, 0.5) is 15.8 Å². The van der Waals surface area contributed by atoms with Gasteiger partial charge in [0.15, 0.2) is 0 Å². The van der Waals surface area contributed by atoms with E-state index in [1.54, 1.807) is 30.5 Å². The number of pyridine rings is 1. The fourth-order valence-corrected chi connectivity index (χ4v) is 11.4. The molecule has 0 spiro atoms. The van der Waals surface area contributed by atoms with E-state index in [0.717, 1.165) is 118 Å². The minimum absolute atomic E-state index is 0.00173. The van der Waals surface area contributed by atoms with Gasteiger partial charge in [-0.2, -0.15) is 0 Å². The third-order valence-corrected chi connectivity index (χ3v) is 15.7. The summed E-state index contributed by atoms with van der Waals surface area (Å²) < 4.78 is 20.5. The third-order valence-electron chi connectivity index (χ3n) is 15.7. The van der Waals surface area contributed by atoms with Gasteiger partial charge in [-0.05, 0) is 117 Å². The van der Waals surface area contributed by atoms with E-state index in [1.165, 1.54) is 13.1 Å². The highest BCUT2D eigenvalue weighted by atomic mass is 19.1. The summed E-state index contributed by atoms with van der Waals surface area (Å²) >= 11 is 0. The highest BCUT2D eigenvalue weighted by molar-refractivity contribution is 6.22. The van der Waals surface area contributed by atoms with Crippen LogP contribution in [0.25, 0.3) is 10.9 Å². The molecule has 370 valence electrons. The van der Waals surface area contributed by atoms with Gasteiger partial charge in [0.2, 0.25) is 17.7 Å². The molecule has 1 aliphatic carbocycles. The molecule has 5 heterocycles. The van der Waals surface area contributed by atoms with Crippen molar-refractivity contribution in [3.05, 3.63) is 95.4 Å². The molecule has 5 aliphatic rings. The Morgan fingerprint density at radius 1 is 0.829 bits per heavy atom. The van der Waals surface area contributed by atoms with Gasteiger partial charge in [-0.15, -0.1) is 0 Å². The number of hydrogen-bond donors (Lipinski definition) is 2. The topological polar surface area (TPSA) is 165 Å². The molecule has 70 heavy (non-hydrogen) atoms. The quantitative estimate of drug-likeness (QED) is 0.102. The number of benzene rings is 3. The number of piperazine rings is 1. The number of carbonyl (C=O) groups excluding carboxylic acids is 6. The molecule has 9 rings (SSSR count). The smallest absolute Gasteiger partial charge is 0.262 e. The normalized spacial score (nSPS) is 21.6. The molecule has 4 aliphatic heterocycles. The standard InChI is InChI=1S/C54H65FN8O7/c1-35(36-6-8-37(9-7-36)45-16-21-57-49-14-10-38(55)30-47(45)49)52(67)58-39-4-3-5-44(31-39)70-43-19-24-62(25-20-43)51(66)33-59-22-17-40(18-23-59)60-26-28-61(29-27-60)41-11-13-46-48(32-41)54(69)63(53(46)68)42(34-64)12-15-50(65)56-2/h3-5,10-11,13-14,16,21,30-32,34-37,40,42-43H,6-9,12,15,17-20,22-29,33H2,1-2H3,(H,56,65)(H,58,67). The van der Waals surface area contributed by atoms with Crippen LogP contribution >= 0.6 is 0 Å². The molecule has 0 bridgehead atoms. The van der Waals surface area contributed by atoms with Crippen LogP contribution in [0.3, 0.4) is 0 Å². The van der Waals surface area contributed by atoms with Gasteiger partial charge in [0.25, 0.3) is 11.8 Å². The maximum Gasteiger partial charge on any atom is 0.262 e. The van der Waals surface area contributed by atoms with Crippen molar-refractivity contribution in [1.29, 1.82) is 0 Å². The molecule has 4 aromatic rings. The van der Waals surface area contributed by atoms with E-state index in [4.69, 9.17) is 4.74 Å². The number of piperidine rings is 2. The first-order valence-electron chi connectivity index (χ1n) is 25.2. The molecule has 0 radical (unpaired) electrons. The van der Waals surface area contributed by atoms with Gasteiger partial charge in [-0.25, -0.2) is 4.39 Å². The van der Waals surface area contributed by atoms with Gasteiger partial charge in [0, 0.05) is 120 Å². The van der Waals surface area contributed by atoms with Crippen LogP contribution in [0.2, 0.25) is 0 Å². The zero-order chi connectivity index (χ0) is 48.9. The van der Waals surface area contributed by atoms with E-state index in [-0.39, 0.29) is 65.4 Å². The van der Waals surface area contributed by atoms with E-state index in [2.05, 4.69) is 30.3 Å². The van der Waals surface area contributed by atoms with E-state index in [1.807, 2.05) is 48.2 Å². The van der Waals surface area contributed by atoms with Crippen LogP contribution in [-0.4, -0.2) is 145 Å². The number of aromatic nitrogens is 1. The van der Waals surface area contributed by atoms with Gasteiger partial charge >= 0.3 is 0 Å². The van der Waals surface area contributed by atoms with Crippen LogP contribution in [0.15, 0.2) is 72.9 Å². The van der Waals surface area contributed by atoms with E-state index < -0.39 is 17.9 Å². The lowest BCUT2D eigenvalue weighted by Gasteiger charge is -2.43. The zero-order valence-electron chi connectivity index (χ0n) is 40.3. The first kappa shape index (κ1) is 48.8. The van der Waals surface area contributed by atoms with Crippen LogP contribution in [0, 0.1) is 17.7 Å². The number of halogens is 1. The van der Waals surface area contributed by atoms with Crippen molar-refractivity contribution in [2.45, 2.75) is 95.2 Å². The molecule has 1 aromatic heterocycles. The first-order chi connectivity index (χ1) is 34.0. The minimum Gasteiger partial charge on any atom is -0.490 e. The Morgan fingerprint density at radius 2 is 1.57 bits per heavy atom. The number of carbonyl (C=O) groups is 6. The predicted molar refractivity (Wildman–Crippen MR) is 264 cm³/mol. The summed E-state index contributed by atoms with van der Waals surface area (Å²) in [6.07, 6.45) is 9.64. The number of likely N-dealkylation sites (tertiary alicyclic amines) is 2. The molecule has 5 amide bonds. The Morgan fingerprint density at radius 3 is 2.30 bits per heavy atom. The molecule has 2 unspecified atom stereocenters. The molecule has 2 N–H and O–H groups in total. The Kier molecular flexibility index (Phi) is 15.2. The summed E-state index contributed by atoms with van der Waals surface area (Å²) in [6.45, 7) is 8.69. The highest BCUT2D eigenvalue weighted by Crippen LogP contribution is 2.41. The van der Waals surface area contributed by atoms with Crippen molar-refractivity contribution >= 4 is 58.1 Å². The Hall–Kier alpha value is -6.26. The number of imide groups is 1. The van der Waals surface area contributed by atoms with Crippen molar-refractivity contribution in [3.63, 3.8) is 0 Å². The molecule has 2 atom stereocenters. The van der Waals surface area contributed by atoms with Crippen LogP contribution in [-0.2, 0) is 19.2 Å². The highest BCUT2D eigenvalue weighted by Gasteiger charge is 2.41. The second-order valence-electron chi connectivity index (χ2n) is 19.8. The van der Waals surface area contributed by atoms with Gasteiger partial charge in [-0.1, -0.05) is 13.0 Å². The fourth-order valence-electron chi connectivity index (χ4n) is 11.4. The number of anilines is 2. The van der Waals surface area contributed by atoms with Gasteiger partial charge in [-0.3, -0.25) is 43.7 Å². The fraction of sp³-hybridized carbons (Fsp3) is 0.500. The number of hydrogen-bond acceptors (Lipinski definition) is 11. The summed E-state index contributed by atoms with van der Waals surface area (Å²) in [4.78, 5) is 91.6. The number of amides is 5. The average molecular weight is 957 g/mol. The maximum atomic E-state index is 14.1. The summed E-state index contributed by atoms with van der Waals surface area (Å²) in [6, 6.07) is 19.1. The lowest BCUT2D eigenvalue weighted by Crippen LogP contribution is -2.54. The van der Waals surface area contributed by atoms with Gasteiger partial charge in [0.05, 0.1) is 29.2 Å². The number of aldehydes is 1. The largest absolute Gasteiger partial charge is 0.490 e. The molecule has 1 saturated carbocycles. The summed E-state index contributed by atoms with van der Waals surface area (Å²) in [5.41, 5.74) is 4.08. The Balaban J connectivity index is 0.670. The number of fused-ring (bicyclic) bond motifs is 2. The van der Waals surface area contributed by atoms with Crippen molar-refractivity contribution < 1.29 is 37.9 Å². The van der Waals surface area contributed by atoms with Crippen LogP contribution < -0.4 is 20.3 Å². The van der Waals surface area contributed by atoms with Crippen molar-refractivity contribution in [1.82, 2.24) is 29.9 Å². The van der Waals surface area contributed by atoms with Crippen molar-refractivity contribution in [3.8, 4) is 5.75 Å². The monoisotopic (exact) mass is 956 g/mol. The summed E-state index contributed by atoms with van der Waals surface area (Å²) in [7, 11) is 1.50. The molecular weight excluding hydrogens is 892 g/mol. The average Bonchev–Trinajstić information content (AvgIpc) is 3.64. The summed E-state index contributed by atoms with van der Waals surface area (Å²) in [5, 5.41) is 6.51. The molecule has 15 nitrogen and oxygen atoms in total. The molecule has 3 saturated heterocycles. The number of nitrogens with one attached hydrogen (secondary N) is 2. The van der Waals surface area contributed by atoms with Gasteiger partial charge < -0.3 is 30.0 Å². The van der Waals surface area contributed by atoms with Crippen LogP contribution in [0.1, 0.15) is 103 Å². The molecule has 3 aromatic carbocycles. The van der Waals surface area contributed by atoms with Crippen molar-refractivity contribution in [2.24, 2.45) is 11.8 Å². The maximum absolute atomic E-state index is 14.1. The van der Waals surface area contributed by atoms with E-state index in [9.17, 15) is 33.2 Å². The zero-order valence-corrected chi connectivity index (χ0v) is 40.3. The third kappa shape index (κ3) is 10.9. The molecule has 16 heteroatoms. The number of rotatable bonds is 15. The van der Waals surface area contributed by atoms with E-state index >= 15 is 0 Å². The molecule has 4 fully saturated rings. The van der Waals surface area contributed by atoms with Gasteiger partial charge in [0.1, 0.15) is 24.0 Å². The second kappa shape index (κ2) is 21.8. The lowest BCUT2D eigenvalue weighted by molar-refractivity contribution is -0.134. The minimum atomic E-state index is -1.00. The number of nitrogens with zero attached hydrogens (tertiary/aromatic N) is 6. The van der Waals surface area contributed by atoms with Crippen molar-refractivity contribution in [2.75, 3.05) is 76.2 Å².